The van der Waals surface area contributed by atoms with Crippen LogP contribution in [0.4, 0.5) is 0 Å². The van der Waals surface area contributed by atoms with Crippen molar-refractivity contribution in [1.82, 2.24) is 5.32 Å². The Labute approximate surface area is 127 Å². The van der Waals surface area contributed by atoms with Gasteiger partial charge in [-0.15, -0.1) is 0 Å². The van der Waals surface area contributed by atoms with Gasteiger partial charge in [0.05, 0.1) is 20.3 Å². The Balaban J connectivity index is 2.19. The van der Waals surface area contributed by atoms with Crippen molar-refractivity contribution in [1.29, 1.82) is 0 Å². The normalized spacial score (nSPS) is 11.8. The standard InChI is InChI=1S/C15H16ClNO4/c1-9(17-15(18)13-6-7-14(16)21-13)11-8-10(19-2)4-5-12(11)20-3/h4-9H,1-3H3,(H,17,18). The van der Waals surface area contributed by atoms with Gasteiger partial charge >= 0.3 is 0 Å². The van der Waals surface area contributed by atoms with Gasteiger partial charge in [-0.05, 0) is 48.9 Å². The van der Waals surface area contributed by atoms with Gasteiger partial charge in [-0.25, -0.2) is 0 Å². The van der Waals surface area contributed by atoms with E-state index in [1.165, 1.54) is 12.1 Å². The summed E-state index contributed by atoms with van der Waals surface area (Å²) in [7, 11) is 3.16. The number of carbonyl (C=O) groups excluding carboxylic acids is 1. The van der Waals surface area contributed by atoms with Crippen LogP contribution >= 0.6 is 11.6 Å². The molecule has 0 spiro atoms. The molecule has 21 heavy (non-hydrogen) atoms. The molecule has 0 fully saturated rings. The summed E-state index contributed by atoms with van der Waals surface area (Å²) in [4.78, 5) is 12.1. The summed E-state index contributed by atoms with van der Waals surface area (Å²) in [6.07, 6.45) is 0. The van der Waals surface area contributed by atoms with Crippen LogP contribution in [0.5, 0.6) is 11.5 Å². The molecule has 0 saturated heterocycles. The largest absolute Gasteiger partial charge is 0.497 e. The molecule has 1 amide bonds. The highest BCUT2D eigenvalue weighted by atomic mass is 35.5. The maximum Gasteiger partial charge on any atom is 0.287 e. The third-order valence-electron chi connectivity index (χ3n) is 3.05. The first-order valence-corrected chi connectivity index (χ1v) is 6.71. The summed E-state index contributed by atoms with van der Waals surface area (Å²) >= 11 is 5.66. The van der Waals surface area contributed by atoms with Crippen molar-refractivity contribution >= 4 is 17.5 Å². The summed E-state index contributed by atoms with van der Waals surface area (Å²) in [5.74, 6) is 1.17. The predicted molar refractivity (Wildman–Crippen MR) is 79.1 cm³/mol. The first-order valence-electron chi connectivity index (χ1n) is 6.33. The van der Waals surface area contributed by atoms with E-state index in [0.29, 0.717) is 11.5 Å². The summed E-state index contributed by atoms with van der Waals surface area (Å²) < 4.78 is 15.6. The number of carbonyl (C=O) groups is 1. The van der Waals surface area contributed by atoms with Gasteiger partial charge in [-0.3, -0.25) is 4.79 Å². The second-order valence-corrected chi connectivity index (χ2v) is 4.78. The van der Waals surface area contributed by atoms with E-state index in [2.05, 4.69) is 5.32 Å². The third-order valence-corrected chi connectivity index (χ3v) is 3.25. The van der Waals surface area contributed by atoms with Gasteiger partial charge in [0.2, 0.25) is 0 Å². The van der Waals surface area contributed by atoms with Crippen LogP contribution in [-0.4, -0.2) is 20.1 Å². The lowest BCUT2D eigenvalue weighted by atomic mass is 10.1. The Morgan fingerprint density at radius 3 is 2.57 bits per heavy atom. The van der Waals surface area contributed by atoms with E-state index < -0.39 is 0 Å². The lowest BCUT2D eigenvalue weighted by Crippen LogP contribution is -2.26. The number of halogens is 1. The molecule has 0 radical (unpaired) electrons. The SMILES string of the molecule is COc1ccc(OC)c(C(C)NC(=O)c2ccc(Cl)o2)c1. The zero-order chi connectivity index (χ0) is 15.4. The van der Waals surface area contributed by atoms with Crippen molar-refractivity contribution in [2.24, 2.45) is 0 Å². The Kier molecular flexibility index (Phi) is 4.75. The van der Waals surface area contributed by atoms with E-state index >= 15 is 0 Å². The maximum atomic E-state index is 12.1. The Bertz CT molecular complexity index is 638. The molecule has 2 rings (SSSR count). The van der Waals surface area contributed by atoms with Crippen molar-refractivity contribution in [2.75, 3.05) is 14.2 Å². The monoisotopic (exact) mass is 309 g/mol. The summed E-state index contributed by atoms with van der Waals surface area (Å²) in [5.41, 5.74) is 0.808. The molecule has 0 aliphatic rings. The van der Waals surface area contributed by atoms with Crippen LogP contribution in [0.3, 0.4) is 0 Å². The van der Waals surface area contributed by atoms with Crippen molar-refractivity contribution < 1.29 is 18.7 Å². The van der Waals surface area contributed by atoms with E-state index in [1.807, 2.05) is 13.0 Å². The molecule has 1 unspecified atom stereocenters. The lowest BCUT2D eigenvalue weighted by molar-refractivity contribution is 0.0911. The fraction of sp³-hybridized carbons (Fsp3) is 0.267. The van der Waals surface area contributed by atoms with Gasteiger partial charge in [-0.1, -0.05) is 0 Å². The summed E-state index contributed by atoms with van der Waals surface area (Å²) in [6.45, 7) is 1.85. The number of benzene rings is 1. The average molecular weight is 310 g/mol. The topological polar surface area (TPSA) is 60.7 Å². The van der Waals surface area contributed by atoms with E-state index in [-0.39, 0.29) is 22.9 Å². The Morgan fingerprint density at radius 2 is 2.00 bits per heavy atom. The first-order chi connectivity index (χ1) is 10.0. The quantitative estimate of drug-likeness (QED) is 0.919. The number of hydrogen-bond acceptors (Lipinski definition) is 4. The number of ether oxygens (including phenoxy) is 2. The molecule has 6 heteroatoms. The van der Waals surface area contributed by atoms with Crippen LogP contribution < -0.4 is 14.8 Å². The minimum absolute atomic E-state index is 0.161. The highest BCUT2D eigenvalue weighted by Gasteiger charge is 2.18. The highest BCUT2D eigenvalue weighted by Crippen LogP contribution is 2.29. The van der Waals surface area contributed by atoms with Crippen LogP contribution in [0.2, 0.25) is 5.22 Å². The summed E-state index contributed by atoms with van der Waals surface area (Å²) in [6, 6.07) is 8.16. The molecule has 1 aromatic heterocycles. The Hall–Kier alpha value is -2.14. The lowest BCUT2D eigenvalue weighted by Gasteiger charge is -2.17. The molecule has 2 aromatic rings. The zero-order valence-corrected chi connectivity index (χ0v) is 12.7. The molecule has 0 aliphatic heterocycles. The van der Waals surface area contributed by atoms with Gasteiger partial charge in [0.25, 0.3) is 5.91 Å². The van der Waals surface area contributed by atoms with Crippen LogP contribution in [0.25, 0.3) is 0 Å². The van der Waals surface area contributed by atoms with Crippen LogP contribution in [0.1, 0.15) is 29.1 Å². The van der Waals surface area contributed by atoms with Crippen LogP contribution in [-0.2, 0) is 0 Å². The number of rotatable bonds is 5. The van der Waals surface area contributed by atoms with Crippen molar-refractivity contribution in [3.8, 4) is 11.5 Å². The minimum atomic E-state index is -0.348. The van der Waals surface area contributed by atoms with Crippen LogP contribution in [0.15, 0.2) is 34.7 Å². The molecule has 0 bridgehead atoms. The number of nitrogens with one attached hydrogen (secondary N) is 1. The zero-order valence-electron chi connectivity index (χ0n) is 12.0. The number of hydrogen-bond donors (Lipinski definition) is 1. The number of furan rings is 1. The number of methoxy groups -OCH3 is 2. The summed E-state index contributed by atoms with van der Waals surface area (Å²) in [5, 5.41) is 3.00. The van der Waals surface area contributed by atoms with Crippen molar-refractivity contribution in [3.05, 3.63) is 46.9 Å². The molecule has 1 heterocycles. The Morgan fingerprint density at radius 1 is 1.24 bits per heavy atom. The smallest absolute Gasteiger partial charge is 0.287 e. The van der Waals surface area contributed by atoms with Gasteiger partial charge < -0.3 is 19.2 Å². The van der Waals surface area contributed by atoms with Crippen LogP contribution in [0, 0.1) is 0 Å². The molecular formula is C15H16ClNO4. The molecule has 0 saturated carbocycles. The fourth-order valence-electron chi connectivity index (χ4n) is 1.96. The molecule has 0 aliphatic carbocycles. The van der Waals surface area contributed by atoms with Crippen molar-refractivity contribution in [3.63, 3.8) is 0 Å². The minimum Gasteiger partial charge on any atom is -0.497 e. The molecule has 112 valence electrons. The van der Waals surface area contributed by atoms with E-state index in [0.717, 1.165) is 5.56 Å². The average Bonchev–Trinajstić information content (AvgIpc) is 2.93. The van der Waals surface area contributed by atoms with E-state index in [1.54, 1.807) is 26.4 Å². The van der Waals surface area contributed by atoms with Gasteiger partial charge in [0, 0.05) is 5.56 Å². The van der Waals surface area contributed by atoms with Gasteiger partial charge in [0.1, 0.15) is 11.5 Å². The molecular weight excluding hydrogens is 294 g/mol. The predicted octanol–water partition coefficient (Wildman–Crippen LogP) is 3.44. The van der Waals surface area contributed by atoms with Crippen molar-refractivity contribution in [2.45, 2.75) is 13.0 Å². The maximum absolute atomic E-state index is 12.1. The van der Waals surface area contributed by atoms with Gasteiger partial charge in [-0.2, -0.15) is 0 Å². The fourth-order valence-corrected chi connectivity index (χ4v) is 2.11. The molecule has 1 N–H and O–H groups in total. The second-order valence-electron chi connectivity index (χ2n) is 4.41. The molecule has 1 atom stereocenters. The second kappa shape index (κ2) is 6.54. The highest BCUT2D eigenvalue weighted by molar-refractivity contribution is 6.29. The third kappa shape index (κ3) is 3.49. The van der Waals surface area contributed by atoms with Gasteiger partial charge in [0.15, 0.2) is 11.0 Å². The molecule has 1 aromatic carbocycles. The molecule has 5 nitrogen and oxygen atoms in total. The van der Waals surface area contributed by atoms with E-state index in [4.69, 9.17) is 25.5 Å². The van der Waals surface area contributed by atoms with E-state index in [9.17, 15) is 4.79 Å². The first kappa shape index (κ1) is 15.3. The number of amides is 1.